The number of para-hydroxylation sites is 2. The fraction of sp³-hybridized carbons (Fsp3) is 0. The molecule has 0 heterocycles. The first-order chi connectivity index (χ1) is 13.0. The summed E-state index contributed by atoms with van der Waals surface area (Å²) in [5, 5.41) is 5.05. The summed E-state index contributed by atoms with van der Waals surface area (Å²) >= 11 is 5.06. The van der Waals surface area contributed by atoms with Gasteiger partial charge in [0.2, 0.25) is 0 Å². The Hall–Kier alpha value is -3.32. The predicted molar refractivity (Wildman–Crippen MR) is 104 cm³/mol. The van der Waals surface area contributed by atoms with Crippen molar-refractivity contribution in [2.24, 2.45) is 0 Å². The highest BCUT2D eigenvalue weighted by molar-refractivity contribution is 7.80. The Balaban J connectivity index is 1.68. The minimum Gasteiger partial charge on any atom is -0.432 e. The number of thiocarbonyl (C=S) groups is 1. The van der Waals surface area contributed by atoms with Gasteiger partial charge in [0.25, 0.3) is 11.1 Å². The molecule has 0 aliphatic carbocycles. The number of hydrogen-bond donors (Lipinski definition) is 2. The van der Waals surface area contributed by atoms with Gasteiger partial charge in [0.05, 0.1) is 11.4 Å². The van der Waals surface area contributed by atoms with Crippen molar-refractivity contribution >= 4 is 34.7 Å². The third-order valence-corrected chi connectivity index (χ3v) is 3.72. The average molecular weight is 384 g/mol. The van der Waals surface area contributed by atoms with E-state index in [4.69, 9.17) is 17.0 Å². The molecule has 1 amide bonds. The van der Waals surface area contributed by atoms with Gasteiger partial charge in [-0.25, -0.2) is 8.78 Å². The van der Waals surface area contributed by atoms with Gasteiger partial charge < -0.3 is 15.4 Å². The van der Waals surface area contributed by atoms with Crippen LogP contribution in [0, 0.1) is 11.6 Å². The van der Waals surface area contributed by atoms with Crippen LogP contribution in [0.5, 0.6) is 5.75 Å². The van der Waals surface area contributed by atoms with E-state index in [2.05, 4.69) is 10.6 Å². The van der Waals surface area contributed by atoms with Crippen molar-refractivity contribution in [3.8, 4) is 5.75 Å². The van der Waals surface area contributed by atoms with E-state index >= 15 is 0 Å². The van der Waals surface area contributed by atoms with Gasteiger partial charge in [-0.2, -0.15) is 0 Å². The molecule has 4 nitrogen and oxygen atoms in total. The highest BCUT2D eigenvalue weighted by Gasteiger charge is 2.11. The summed E-state index contributed by atoms with van der Waals surface area (Å²) in [5.41, 5.74) is 0.506. The summed E-state index contributed by atoms with van der Waals surface area (Å²) in [6, 6.07) is 18.1. The number of rotatable bonds is 4. The summed E-state index contributed by atoms with van der Waals surface area (Å²) < 4.78 is 32.7. The fourth-order valence-corrected chi connectivity index (χ4v) is 2.47. The number of hydrogen-bond acceptors (Lipinski definition) is 3. The average Bonchev–Trinajstić information content (AvgIpc) is 2.65. The normalized spacial score (nSPS) is 10.1. The van der Waals surface area contributed by atoms with Crippen molar-refractivity contribution < 1.29 is 18.3 Å². The smallest absolute Gasteiger partial charge is 0.266 e. The highest BCUT2D eigenvalue weighted by atomic mass is 32.1. The molecule has 136 valence electrons. The maximum Gasteiger partial charge on any atom is 0.266 e. The van der Waals surface area contributed by atoms with Gasteiger partial charge in [0.1, 0.15) is 17.4 Å². The molecule has 0 fully saturated rings. The molecule has 3 aromatic rings. The Morgan fingerprint density at radius 2 is 1.41 bits per heavy atom. The van der Waals surface area contributed by atoms with Crippen LogP contribution in [-0.4, -0.2) is 11.1 Å². The van der Waals surface area contributed by atoms with Gasteiger partial charge in [0, 0.05) is 5.56 Å². The van der Waals surface area contributed by atoms with Crippen molar-refractivity contribution in [1.29, 1.82) is 0 Å². The predicted octanol–water partition coefficient (Wildman–Crippen LogP) is 4.99. The summed E-state index contributed by atoms with van der Waals surface area (Å²) in [7, 11) is 0. The number of benzene rings is 3. The van der Waals surface area contributed by atoms with E-state index in [0.717, 1.165) is 0 Å². The van der Waals surface area contributed by atoms with Gasteiger partial charge in [-0.3, -0.25) is 4.79 Å². The zero-order valence-corrected chi connectivity index (χ0v) is 14.7. The van der Waals surface area contributed by atoms with Gasteiger partial charge in [-0.15, -0.1) is 0 Å². The van der Waals surface area contributed by atoms with E-state index in [-0.39, 0.29) is 27.9 Å². The minimum atomic E-state index is -0.534. The molecular formula is C20H14F2N2O2S. The first-order valence-electron chi connectivity index (χ1n) is 7.92. The van der Waals surface area contributed by atoms with Gasteiger partial charge in [-0.1, -0.05) is 30.3 Å². The number of amides is 1. The highest BCUT2D eigenvalue weighted by Crippen LogP contribution is 2.19. The van der Waals surface area contributed by atoms with Gasteiger partial charge in [-0.05, 0) is 54.7 Å². The Morgan fingerprint density at radius 1 is 0.815 bits per heavy atom. The van der Waals surface area contributed by atoms with Crippen LogP contribution in [0.1, 0.15) is 10.4 Å². The van der Waals surface area contributed by atoms with Crippen molar-refractivity contribution in [2.75, 3.05) is 10.6 Å². The molecule has 7 heteroatoms. The second-order valence-corrected chi connectivity index (χ2v) is 5.83. The van der Waals surface area contributed by atoms with Crippen LogP contribution in [0.15, 0.2) is 72.8 Å². The minimum absolute atomic E-state index is 0.0746. The molecule has 0 unspecified atom stereocenters. The quantitative estimate of drug-likeness (QED) is 0.622. The molecular weight excluding hydrogens is 370 g/mol. The van der Waals surface area contributed by atoms with E-state index in [1.807, 2.05) is 0 Å². The molecule has 0 aliphatic rings. The fourth-order valence-electron chi connectivity index (χ4n) is 2.26. The first-order valence-corrected chi connectivity index (χ1v) is 8.33. The lowest BCUT2D eigenvalue weighted by Gasteiger charge is -2.11. The molecule has 3 rings (SSSR count). The standard InChI is InChI=1S/C20H14F2N2O2S/c21-15-8-1-3-10-17(15)23-19(25)13-6-5-7-14(12-13)26-20(27)24-18-11-4-2-9-16(18)22/h1-12H,(H,23,25)(H,24,27). The molecule has 0 saturated heterocycles. The lowest BCUT2D eigenvalue weighted by atomic mass is 10.2. The molecule has 0 bridgehead atoms. The van der Waals surface area contributed by atoms with Crippen molar-refractivity contribution in [3.63, 3.8) is 0 Å². The van der Waals surface area contributed by atoms with Crippen molar-refractivity contribution in [1.82, 2.24) is 0 Å². The van der Waals surface area contributed by atoms with Crippen LogP contribution >= 0.6 is 12.2 Å². The lowest BCUT2D eigenvalue weighted by Crippen LogP contribution is -2.18. The van der Waals surface area contributed by atoms with Gasteiger partial charge in [0.15, 0.2) is 0 Å². The maximum atomic E-state index is 13.7. The first kappa shape index (κ1) is 18.5. The third kappa shape index (κ3) is 4.86. The zero-order valence-electron chi connectivity index (χ0n) is 13.9. The Labute approximate surface area is 159 Å². The third-order valence-electron chi connectivity index (χ3n) is 3.54. The monoisotopic (exact) mass is 384 g/mol. The molecule has 0 radical (unpaired) electrons. The topological polar surface area (TPSA) is 50.4 Å². The number of carbonyl (C=O) groups is 1. The Bertz CT molecular complexity index is 995. The largest absolute Gasteiger partial charge is 0.432 e. The summed E-state index contributed by atoms with van der Waals surface area (Å²) in [5.74, 6) is -1.22. The number of carbonyl (C=O) groups excluding carboxylic acids is 1. The maximum absolute atomic E-state index is 13.7. The van der Waals surface area contributed by atoms with Crippen LogP contribution in [0.4, 0.5) is 20.2 Å². The van der Waals surface area contributed by atoms with E-state index in [1.54, 1.807) is 36.4 Å². The molecule has 0 saturated carbocycles. The van der Waals surface area contributed by atoms with E-state index in [9.17, 15) is 13.6 Å². The SMILES string of the molecule is O=C(Nc1ccccc1F)c1cccc(OC(=S)Nc2ccccc2F)c1. The molecule has 0 aliphatic heterocycles. The second kappa shape index (κ2) is 8.37. The van der Waals surface area contributed by atoms with Crippen LogP contribution in [-0.2, 0) is 0 Å². The molecule has 3 aromatic carbocycles. The molecule has 27 heavy (non-hydrogen) atoms. The van der Waals surface area contributed by atoms with Gasteiger partial charge >= 0.3 is 0 Å². The van der Waals surface area contributed by atoms with Crippen LogP contribution in [0.2, 0.25) is 0 Å². The van der Waals surface area contributed by atoms with Crippen molar-refractivity contribution in [2.45, 2.75) is 0 Å². The van der Waals surface area contributed by atoms with E-state index in [1.165, 1.54) is 36.4 Å². The summed E-state index contributed by atoms with van der Waals surface area (Å²) in [6.07, 6.45) is 0. The Kier molecular flexibility index (Phi) is 5.73. The van der Waals surface area contributed by atoms with E-state index in [0.29, 0.717) is 0 Å². The van der Waals surface area contributed by atoms with Crippen molar-refractivity contribution in [3.05, 3.63) is 90.0 Å². The summed E-state index contributed by atoms with van der Waals surface area (Å²) in [6.45, 7) is 0. The van der Waals surface area contributed by atoms with Crippen LogP contribution in [0.3, 0.4) is 0 Å². The Morgan fingerprint density at radius 3 is 2.04 bits per heavy atom. The number of nitrogens with one attached hydrogen (secondary N) is 2. The van der Waals surface area contributed by atoms with Crippen LogP contribution < -0.4 is 15.4 Å². The molecule has 0 atom stereocenters. The molecule has 2 N–H and O–H groups in total. The number of ether oxygens (including phenoxy) is 1. The summed E-state index contributed by atoms with van der Waals surface area (Å²) in [4.78, 5) is 12.3. The lowest BCUT2D eigenvalue weighted by molar-refractivity contribution is 0.102. The second-order valence-electron chi connectivity index (χ2n) is 5.46. The zero-order chi connectivity index (χ0) is 19.2. The van der Waals surface area contributed by atoms with Crippen LogP contribution in [0.25, 0.3) is 0 Å². The van der Waals surface area contributed by atoms with E-state index < -0.39 is 17.5 Å². The molecule has 0 aromatic heterocycles. The number of anilines is 2. The molecule has 0 spiro atoms. The number of halogens is 2.